The lowest BCUT2D eigenvalue weighted by molar-refractivity contribution is -0.137. The van der Waals surface area contributed by atoms with Gasteiger partial charge in [-0.1, -0.05) is 48.2 Å². The fraction of sp³-hybridized carbons (Fsp3) is 0.190. The number of hydrogen-bond donors (Lipinski definition) is 1. The number of carboxylic acids is 1. The maximum Gasteiger partial charge on any atom is 0.303 e. The predicted molar refractivity (Wildman–Crippen MR) is 114 cm³/mol. The van der Waals surface area contributed by atoms with Gasteiger partial charge in [0.2, 0.25) is 0 Å². The quantitative estimate of drug-likeness (QED) is 0.491. The predicted octanol–water partition coefficient (Wildman–Crippen LogP) is 4.47. The lowest BCUT2D eigenvalue weighted by atomic mass is 10.2. The van der Waals surface area contributed by atoms with Gasteiger partial charge >= 0.3 is 5.97 Å². The lowest BCUT2D eigenvalue weighted by Gasteiger charge is -2.13. The third-order valence-electron chi connectivity index (χ3n) is 4.14. The van der Waals surface area contributed by atoms with Gasteiger partial charge in [-0.2, -0.15) is 0 Å². The number of amides is 1. The van der Waals surface area contributed by atoms with Crippen LogP contribution in [0.15, 0.2) is 53.4 Å². The van der Waals surface area contributed by atoms with E-state index in [1.54, 1.807) is 30.3 Å². The number of halogens is 1. The van der Waals surface area contributed by atoms with Gasteiger partial charge in [-0.05, 0) is 47.9 Å². The maximum absolute atomic E-state index is 12.9. The molecule has 150 valence electrons. The van der Waals surface area contributed by atoms with Gasteiger partial charge in [0.15, 0.2) is 0 Å². The summed E-state index contributed by atoms with van der Waals surface area (Å²) in [6.07, 6.45) is 2.10. The van der Waals surface area contributed by atoms with Gasteiger partial charge in [0.05, 0.1) is 4.91 Å². The summed E-state index contributed by atoms with van der Waals surface area (Å²) in [7, 11) is 0. The normalized spacial score (nSPS) is 15.2. The van der Waals surface area contributed by atoms with Gasteiger partial charge in [0, 0.05) is 13.0 Å². The second-order valence-electron chi connectivity index (χ2n) is 6.31. The molecule has 1 aliphatic rings. The van der Waals surface area contributed by atoms with Crippen LogP contribution in [0, 0.1) is 5.82 Å². The maximum atomic E-state index is 12.9. The first kappa shape index (κ1) is 21.0. The van der Waals surface area contributed by atoms with Gasteiger partial charge < -0.3 is 9.84 Å². The number of nitrogens with zero attached hydrogens (tertiary/aromatic N) is 1. The van der Waals surface area contributed by atoms with Gasteiger partial charge in [-0.3, -0.25) is 14.5 Å². The molecular weight excluding hydrogens is 413 g/mol. The van der Waals surface area contributed by atoms with Crippen LogP contribution in [-0.2, 0) is 16.2 Å². The number of thiocarbonyl (C=S) groups is 1. The molecule has 1 aliphatic heterocycles. The summed E-state index contributed by atoms with van der Waals surface area (Å²) >= 11 is 6.44. The summed E-state index contributed by atoms with van der Waals surface area (Å²) in [4.78, 5) is 25.1. The molecule has 0 aliphatic carbocycles. The van der Waals surface area contributed by atoms with Crippen molar-refractivity contribution in [2.45, 2.75) is 19.4 Å². The van der Waals surface area contributed by atoms with Crippen molar-refractivity contribution >= 4 is 46.3 Å². The molecule has 0 bridgehead atoms. The van der Waals surface area contributed by atoms with Crippen LogP contribution >= 0.6 is 24.0 Å². The van der Waals surface area contributed by atoms with E-state index in [4.69, 9.17) is 22.1 Å². The second kappa shape index (κ2) is 9.67. The molecule has 0 radical (unpaired) electrons. The Bertz CT molecular complexity index is 942. The number of carbonyl (C=O) groups excluding carboxylic acids is 1. The summed E-state index contributed by atoms with van der Waals surface area (Å²) in [6.45, 7) is 0.624. The molecule has 0 saturated carbocycles. The van der Waals surface area contributed by atoms with E-state index in [0.717, 1.165) is 11.1 Å². The average molecular weight is 432 g/mol. The van der Waals surface area contributed by atoms with Crippen LogP contribution in [0.4, 0.5) is 4.39 Å². The van der Waals surface area contributed by atoms with Gasteiger partial charge in [0.1, 0.15) is 22.5 Å². The monoisotopic (exact) mass is 431 g/mol. The van der Waals surface area contributed by atoms with Crippen LogP contribution in [0.3, 0.4) is 0 Å². The minimum Gasteiger partial charge on any atom is -0.489 e. The molecule has 0 spiro atoms. The molecular formula is C21H18FNO4S2. The zero-order valence-corrected chi connectivity index (χ0v) is 17.0. The van der Waals surface area contributed by atoms with E-state index in [2.05, 4.69) is 0 Å². The summed E-state index contributed by atoms with van der Waals surface area (Å²) in [5.74, 6) is -0.729. The molecule has 1 fully saturated rings. The highest BCUT2D eigenvalue weighted by Gasteiger charge is 2.31. The number of benzene rings is 2. The fourth-order valence-corrected chi connectivity index (χ4v) is 3.95. The SMILES string of the molecule is O=C(O)CCCN1C(=O)/C(=C/c2ccc(OCc3ccc(F)cc3)cc2)SC1=S. The molecule has 1 N–H and O–H groups in total. The van der Waals surface area contributed by atoms with Crippen molar-refractivity contribution in [3.8, 4) is 5.75 Å². The van der Waals surface area contributed by atoms with Gasteiger partial charge in [0.25, 0.3) is 5.91 Å². The molecule has 2 aromatic carbocycles. The first-order chi connectivity index (χ1) is 13.9. The van der Waals surface area contributed by atoms with Crippen molar-refractivity contribution in [1.29, 1.82) is 0 Å². The van der Waals surface area contributed by atoms with Crippen LogP contribution in [-0.4, -0.2) is 32.7 Å². The summed E-state index contributed by atoms with van der Waals surface area (Å²) in [6, 6.07) is 13.4. The zero-order valence-electron chi connectivity index (χ0n) is 15.3. The largest absolute Gasteiger partial charge is 0.489 e. The van der Waals surface area contributed by atoms with E-state index >= 15 is 0 Å². The van der Waals surface area contributed by atoms with E-state index in [1.165, 1.54) is 28.8 Å². The van der Waals surface area contributed by atoms with Crippen molar-refractivity contribution in [3.63, 3.8) is 0 Å². The standard InChI is InChI=1S/C21H18FNO4S2/c22-16-7-3-15(4-8-16)13-27-17-9-5-14(6-10-17)12-18-20(26)23(21(28)29-18)11-1-2-19(24)25/h3-10,12H,1-2,11,13H2,(H,24,25)/b18-12-. The molecule has 1 saturated heterocycles. The van der Waals surface area contributed by atoms with Gasteiger partial charge in [-0.25, -0.2) is 4.39 Å². The Kier molecular flexibility index (Phi) is 7.00. The Balaban J connectivity index is 1.58. The van der Waals surface area contributed by atoms with E-state index < -0.39 is 5.97 Å². The number of hydrogen-bond acceptors (Lipinski definition) is 5. The number of thioether (sulfide) groups is 1. The van der Waals surface area contributed by atoms with Gasteiger partial charge in [-0.15, -0.1) is 0 Å². The van der Waals surface area contributed by atoms with Crippen molar-refractivity contribution in [1.82, 2.24) is 4.90 Å². The van der Waals surface area contributed by atoms with Crippen LogP contribution in [0.1, 0.15) is 24.0 Å². The summed E-state index contributed by atoms with van der Waals surface area (Å²) in [5, 5.41) is 8.72. The molecule has 3 rings (SSSR count). The number of ether oxygens (including phenoxy) is 1. The molecule has 5 nitrogen and oxygen atoms in total. The highest BCUT2D eigenvalue weighted by atomic mass is 32.2. The highest BCUT2D eigenvalue weighted by molar-refractivity contribution is 8.26. The third kappa shape index (κ3) is 5.88. The van der Waals surface area contributed by atoms with Crippen molar-refractivity contribution in [2.75, 3.05) is 6.54 Å². The first-order valence-corrected chi connectivity index (χ1v) is 10.1. The minimum absolute atomic E-state index is 0.00447. The molecule has 0 atom stereocenters. The van der Waals surface area contributed by atoms with E-state index in [-0.39, 0.29) is 18.1 Å². The Morgan fingerprint density at radius 3 is 2.52 bits per heavy atom. The lowest BCUT2D eigenvalue weighted by Crippen LogP contribution is -2.29. The third-order valence-corrected chi connectivity index (χ3v) is 5.52. The van der Waals surface area contributed by atoms with Crippen molar-refractivity contribution < 1.29 is 23.8 Å². The van der Waals surface area contributed by atoms with Crippen LogP contribution in [0.25, 0.3) is 6.08 Å². The molecule has 1 heterocycles. The molecule has 1 amide bonds. The molecule has 29 heavy (non-hydrogen) atoms. The number of carboxylic acid groups (broad SMARTS) is 1. The van der Waals surface area contributed by atoms with Crippen molar-refractivity contribution in [2.24, 2.45) is 0 Å². The number of carbonyl (C=O) groups is 2. The Morgan fingerprint density at radius 2 is 1.86 bits per heavy atom. The molecule has 8 heteroatoms. The first-order valence-electron chi connectivity index (χ1n) is 8.87. The van der Waals surface area contributed by atoms with E-state index in [0.29, 0.717) is 34.5 Å². The molecule has 0 aromatic heterocycles. The molecule has 2 aromatic rings. The Hall–Kier alpha value is -2.71. The number of aliphatic carboxylic acids is 1. The Morgan fingerprint density at radius 1 is 1.17 bits per heavy atom. The number of rotatable bonds is 8. The van der Waals surface area contributed by atoms with Crippen LogP contribution in [0.5, 0.6) is 5.75 Å². The minimum atomic E-state index is -0.896. The van der Waals surface area contributed by atoms with E-state index in [9.17, 15) is 14.0 Å². The Labute approximate surface area is 177 Å². The summed E-state index contributed by atoms with van der Waals surface area (Å²) in [5.41, 5.74) is 1.69. The molecule has 0 unspecified atom stereocenters. The van der Waals surface area contributed by atoms with E-state index in [1.807, 2.05) is 12.1 Å². The van der Waals surface area contributed by atoms with Crippen LogP contribution < -0.4 is 4.74 Å². The van der Waals surface area contributed by atoms with Crippen LogP contribution in [0.2, 0.25) is 0 Å². The zero-order chi connectivity index (χ0) is 20.8. The smallest absolute Gasteiger partial charge is 0.303 e. The highest BCUT2D eigenvalue weighted by Crippen LogP contribution is 2.33. The summed E-state index contributed by atoms with van der Waals surface area (Å²) < 4.78 is 19.0. The topological polar surface area (TPSA) is 66.8 Å². The average Bonchev–Trinajstić information content (AvgIpc) is 2.96. The second-order valence-corrected chi connectivity index (χ2v) is 7.99. The fourth-order valence-electron chi connectivity index (χ4n) is 2.64. The van der Waals surface area contributed by atoms with Crippen molar-refractivity contribution in [3.05, 3.63) is 70.4 Å².